The molecule has 2 aromatic heterocycles. The highest BCUT2D eigenvalue weighted by atomic mass is 35.5. The van der Waals surface area contributed by atoms with Crippen molar-refractivity contribution in [3.63, 3.8) is 0 Å². The van der Waals surface area contributed by atoms with Gasteiger partial charge in [0.2, 0.25) is 0 Å². The van der Waals surface area contributed by atoms with Crippen molar-refractivity contribution in [3.8, 4) is 11.5 Å². The number of pyridine rings is 1. The van der Waals surface area contributed by atoms with E-state index in [-0.39, 0.29) is 38.7 Å². The zero-order valence-corrected chi connectivity index (χ0v) is 22.9. The standard InChI is InChI=1S/C28H23Cl2F2N3O6/c29-20-11-33-12-21(30)19(20)10-23(16-7-8-22(41-28(31)32)24(9-16)39-14-15-5-6-15)40-25(36)13-35-27(38)18-4-2-1-3-17(18)26(37)34-35/h1-4,7-9,11-12,15,23,28H,5-6,10,13-14H2,(H,34,37)/p+1/t23-/m0/s1. The number of carbonyl (C=O) groups is 1. The molecule has 9 nitrogen and oxygen atoms in total. The van der Waals surface area contributed by atoms with Crippen LogP contribution in [0.4, 0.5) is 8.78 Å². The molecule has 1 aliphatic carbocycles. The number of aromatic amines is 2. The number of ether oxygens (including phenoxy) is 3. The van der Waals surface area contributed by atoms with Crippen molar-refractivity contribution in [2.75, 3.05) is 6.61 Å². The van der Waals surface area contributed by atoms with E-state index in [4.69, 9.17) is 32.7 Å². The van der Waals surface area contributed by atoms with E-state index in [2.05, 4.69) is 14.8 Å². The average molecular weight is 607 g/mol. The average Bonchev–Trinajstić information content (AvgIpc) is 3.77. The van der Waals surface area contributed by atoms with E-state index in [0.29, 0.717) is 23.7 Å². The van der Waals surface area contributed by atoms with Crippen molar-refractivity contribution >= 4 is 39.9 Å². The van der Waals surface area contributed by atoms with Crippen LogP contribution in [0.25, 0.3) is 10.8 Å². The van der Waals surface area contributed by atoms with Gasteiger partial charge in [-0.1, -0.05) is 41.4 Å². The Morgan fingerprint density at radius 3 is 2.44 bits per heavy atom. The molecular formula is C28H24Cl2F2N3O6+. The van der Waals surface area contributed by atoms with Gasteiger partial charge in [0.25, 0.3) is 11.1 Å². The molecule has 5 rings (SSSR count). The molecule has 0 amide bonds. The SMILES string of the molecule is O=C(Cn1[nH]c(=O)c2ccccc2c1=O)O[C@@H](Cc1c(Cl)c[nH+]cc1Cl)c1ccc(OC(F)F)c(OCC2CC2)c1. The molecule has 0 spiro atoms. The zero-order chi connectivity index (χ0) is 29.1. The molecule has 2 N–H and O–H groups in total. The second-order valence-corrected chi connectivity index (χ2v) is 10.3. The predicted molar refractivity (Wildman–Crippen MR) is 146 cm³/mol. The van der Waals surface area contributed by atoms with Crippen molar-refractivity contribution in [1.82, 2.24) is 9.78 Å². The molecule has 214 valence electrons. The third-order valence-corrected chi connectivity index (χ3v) is 7.23. The van der Waals surface area contributed by atoms with Gasteiger partial charge in [-0.2, -0.15) is 8.78 Å². The fourth-order valence-corrected chi connectivity index (χ4v) is 4.82. The van der Waals surface area contributed by atoms with Crippen LogP contribution in [0.3, 0.4) is 0 Å². The highest BCUT2D eigenvalue weighted by Gasteiger charge is 2.26. The lowest BCUT2D eigenvalue weighted by Gasteiger charge is -2.21. The van der Waals surface area contributed by atoms with Crippen LogP contribution in [0.1, 0.15) is 30.1 Å². The van der Waals surface area contributed by atoms with Crippen LogP contribution in [0.5, 0.6) is 11.5 Å². The highest BCUT2D eigenvalue weighted by Crippen LogP contribution is 2.37. The Bertz CT molecular complexity index is 1690. The molecule has 1 atom stereocenters. The number of nitrogens with zero attached hydrogens (tertiary/aromatic N) is 1. The first-order valence-electron chi connectivity index (χ1n) is 12.7. The number of rotatable bonds is 11. The lowest BCUT2D eigenvalue weighted by molar-refractivity contribution is -0.377. The number of fused-ring (bicyclic) bond motifs is 1. The van der Waals surface area contributed by atoms with Gasteiger partial charge >= 0.3 is 12.6 Å². The largest absolute Gasteiger partial charge is 0.489 e. The Morgan fingerprint density at radius 2 is 1.76 bits per heavy atom. The lowest BCUT2D eigenvalue weighted by atomic mass is 10.0. The molecule has 2 aromatic carbocycles. The molecular weight excluding hydrogens is 583 g/mol. The van der Waals surface area contributed by atoms with Gasteiger partial charge in [0.15, 0.2) is 23.9 Å². The van der Waals surface area contributed by atoms with Crippen molar-refractivity contribution in [1.29, 1.82) is 0 Å². The monoisotopic (exact) mass is 606 g/mol. The van der Waals surface area contributed by atoms with Crippen LogP contribution in [0, 0.1) is 5.92 Å². The third-order valence-electron chi connectivity index (χ3n) is 6.56. The van der Waals surface area contributed by atoms with Gasteiger partial charge < -0.3 is 14.2 Å². The Balaban J connectivity index is 1.47. The Morgan fingerprint density at radius 1 is 1.05 bits per heavy atom. The van der Waals surface area contributed by atoms with Crippen molar-refractivity contribution < 1.29 is 32.8 Å². The number of H-pyrrole nitrogens is 2. The fourth-order valence-electron chi connectivity index (χ4n) is 4.29. The molecule has 1 saturated carbocycles. The van der Waals surface area contributed by atoms with Gasteiger partial charge in [-0.15, -0.1) is 0 Å². The van der Waals surface area contributed by atoms with Gasteiger partial charge in [-0.25, -0.2) is 9.67 Å². The van der Waals surface area contributed by atoms with Crippen molar-refractivity contribution in [2.45, 2.75) is 38.5 Å². The van der Waals surface area contributed by atoms with E-state index in [1.165, 1.54) is 42.7 Å². The number of carbonyl (C=O) groups excluding carboxylic acids is 1. The van der Waals surface area contributed by atoms with Crippen LogP contribution in [0.15, 0.2) is 64.4 Å². The van der Waals surface area contributed by atoms with E-state index < -0.39 is 36.3 Å². The van der Waals surface area contributed by atoms with E-state index in [1.807, 2.05) is 0 Å². The minimum atomic E-state index is -3.07. The second kappa shape index (κ2) is 12.3. The van der Waals surface area contributed by atoms with Crippen LogP contribution >= 0.6 is 23.2 Å². The normalized spacial score (nSPS) is 13.8. The second-order valence-electron chi connectivity index (χ2n) is 9.53. The number of hydrogen-bond acceptors (Lipinski definition) is 6. The molecule has 41 heavy (non-hydrogen) atoms. The summed E-state index contributed by atoms with van der Waals surface area (Å²) in [5.41, 5.74) is -0.294. The summed E-state index contributed by atoms with van der Waals surface area (Å²) in [5.74, 6) is -0.636. The maximum atomic E-state index is 13.1. The molecule has 1 aliphatic rings. The molecule has 1 fully saturated rings. The Labute approximate surface area is 241 Å². The molecule has 0 saturated heterocycles. The minimum absolute atomic E-state index is 0.00165. The predicted octanol–water partition coefficient (Wildman–Crippen LogP) is 4.73. The summed E-state index contributed by atoms with van der Waals surface area (Å²) in [7, 11) is 0. The Hall–Kier alpha value is -3.96. The summed E-state index contributed by atoms with van der Waals surface area (Å²) < 4.78 is 43.2. The van der Waals surface area contributed by atoms with Crippen molar-refractivity contribution in [3.05, 3.63) is 96.7 Å². The number of esters is 1. The smallest absolute Gasteiger partial charge is 0.387 e. The molecule has 0 unspecified atom stereocenters. The maximum absolute atomic E-state index is 13.1. The van der Waals surface area contributed by atoms with Gasteiger partial charge in [-0.3, -0.25) is 19.5 Å². The third kappa shape index (κ3) is 6.86. The molecule has 0 aliphatic heterocycles. The fraction of sp³-hybridized carbons (Fsp3) is 0.286. The van der Waals surface area contributed by atoms with Gasteiger partial charge in [-0.05, 0) is 48.6 Å². The number of alkyl halides is 2. The van der Waals surface area contributed by atoms with E-state index >= 15 is 0 Å². The van der Waals surface area contributed by atoms with Gasteiger partial charge in [0, 0.05) is 12.0 Å². The van der Waals surface area contributed by atoms with Crippen LogP contribution < -0.4 is 25.6 Å². The first kappa shape index (κ1) is 28.6. The van der Waals surface area contributed by atoms with Crippen LogP contribution in [-0.2, 0) is 22.5 Å². The molecule has 2 heterocycles. The van der Waals surface area contributed by atoms with E-state index in [1.54, 1.807) is 12.1 Å². The molecule has 0 bridgehead atoms. The number of hydrogen-bond donors (Lipinski definition) is 1. The zero-order valence-electron chi connectivity index (χ0n) is 21.4. The number of nitrogens with one attached hydrogen (secondary N) is 2. The maximum Gasteiger partial charge on any atom is 0.387 e. The first-order chi connectivity index (χ1) is 19.7. The summed E-state index contributed by atoms with van der Waals surface area (Å²) in [4.78, 5) is 41.3. The van der Waals surface area contributed by atoms with Gasteiger partial charge in [0.05, 0.1) is 17.4 Å². The van der Waals surface area contributed by atoms with Gasteiger partial charge in [0.1, 0.15) is 22.7 Å². The van der Waals surface area contributed by atoms with E-state index in [0.717, 1.165) is 17.5 Å². The molecule has 0 radical (unpaired) electrons. The minimum Gasteiger partial charge on any atom is -0.489 e. The number of aromatic nitrogens is 3. The summed E-state index contributed by atoms with van der Waals surface area (Å²) in [6, 6.07) is 10.4. The summed E-state index contributed by atoms with van der Waals surface area (Å²) in [5, 5.41) is 3.28. The summed E-state index contributed by atoms with van der Waals surface area (Å²) in [6.07, 6.45) is 3.92. The van der Waals surface area contributed by atoms with Crippen LogP contribution in [0.2, 0.25) is 10.0 Å². The Kier molecular flexibility index (Phi) is 8.55. The molecule has 4 aromatic rings. The van der Waals surface area contributed by atoms with Crippen molar-refractivity contribution in [2.24, 2.45) is 5.92 Å². The number of halogens is 4. The highest BCUT2D eigenvalue weighted by molar-refractivity contribution is 6.35. The lowest BCUT2D eigenvalue weighted by Crippen LogP contribution is -2.33. The topological polar surface area (TPSA) is 114 Å². The quantitative estimate of drug-likeness (QED) is 0.247. The van der Waals surface area contributed by atoms with Crippen LogP contribution in [-0.4, -0.2) is 29.0 Å². The van der Waals surface area contributed by atoms with E-state index in [9.17, 15) is 23.2 Å². The molecule has 13 heteroatoms. The summed E-state index contributed by atoms with van der Waals surface area (Å²) >= 11 is 12.7. The number of benzene rings is 2. The summed E-state index contributed by atoms with van der Waals surface area (Å²) in [6.45, 7) is -3.35. The first-order valence-corrected chi connectivity index (χ1v) is 13.4.